The number of piperazine rings is 1. The lowest BCUT2D eigenvalue weighted by molar-refractivity contribution is -0.0366. The van der Waals surface area contributed by atoms with Gasteiger partial charge in [-0.3, -0.25) is 14.8 Å². The minimum Gasteiger partial charge on any atom is -0.497 e. The molecule has 0 radical (unpaired) electrons. The molecule has 29 heavy (non-hydrogen) atoms. The first-order valence-electron chi connectivity index (χ1n) is 10.9. The lowest BCUT2D eigenvalue weighted by Crippen LogP contribution is -2.51. The van der Waals surface area contributed by atoms with Gasteiger partial charge in [-0.25, -0.2) is 0 Å². The van der Waals surface area contributed by atoms with Crippen LogP contribution in [0.15, 0.2) is 30.5 Å². The summed E-state index contributed by atoms with van der Waals surface area (Å²) >= 11 is 0. The van der Waals surface area contributed by atoms with Gasteiger partial charge < -0.3 is 14.9 Å². The van der Waals surface area contributed by atoms with Crippen molar-refractivity contribution in [2.45, 2.75) is 51.4 Å². The average molecular weight is 402 g/mol. The van der Waals surface area contributed by atoms with Crippen molar-refractivity contribution >= 4 is 10.9 Å². The van der Waals surface area contributed by atoms with E-state index in [2.05, 4.69) is 21.7 Å². The fraction of sp³-hybridized carbons (Fsp3) is 0.609. The van der Waals surface area contributed by atoms with E-state index in [1.54, 1.807) is 13.3 Å². The highest BCUT2D eigenvalue weighted by Gasteiger charge is 2.24. The fourth-order valence-corrected chi connectivity index (χ4v) is 4.09. The van der Waals surface area contributed by atoms with Crippen molar-refractivity contribution in [2.75, 3.05) is 39.8 Å². The summed E-state index contributed by atoms with van der Waals surface area (Å²) in [7, 11) is 1.64. The van der Waals surface area contributed by atoms with Crippen LogP contribution in [0.5, 0.6) is 5.75 Å². The van der Waals surface area contributed by atoms with Gasteiger partial charge in [-0.15, -0.1) is 0 Å². The number of ether oxygens (including phenoxy) is 1. The molecule has 1 aliphatic heterocycles. The molecule has 2 atom stereocenters. The first kappa shape index (κ1) is 22.0. The molecule has 0 aliphatic carbocycles. The van der Waals surface area contributed by atoms with Crippen molar-refractivity contribution in [1.82, 2.24) is 14.8 Å². The molecule has 6 heteroatoms. The number of aliphatic hydroxyl groups is 2. The highest BCUT2D eigenvalue weighted by Crippen LogP contribution is 2.27. The van der Waals surface area contributed by atoms with E-state index in [1.807, 2.05) is 24.3 Å². The SMILES string of the molecule is CCCCCCC(O)N1CCN(CC(O)c2ccnc3ccc(OC)cc23)CC1. The van der Waals surface area contributed by atoms with Crippen molar-refractivity contribution < 1.29 is 14.9 Å². The Balaban J connectivity index is 1.53. The molecule has 1 aromatic carbocycles. The molecule has 1 saturated heterocycles. The largest absolute Gasteiger partial charge is 0.497 e. The smallest absolute Gasteiger partial charge is 0.119 e. The zero-order valence-corrected chi connectivity index (χ0v) is 17.8. The number of aromatic nitrogens is 1. The number of hydrogen-bond donors (Lipinski definition) is 2. The second kappa shape index (κ2) is 10.9. The van der Waals surface area contributed by atoms with Crippen molar-refractivity contribution in [3.63, 3.8) is 0 Å². The molecule has 3 rings (SSSR count). The van der Waals surface area contributed by atoms with E-state index < -0.39 is 6.10 Å². The third kappa shape index (κ3) is 5.89. The standard InChI is InChI=1S/C23H35N3O3/c1-3-4-5-6-7-23(28)26-14-12-25(13-15-26)17-22(27)19-10-11-24-21-9-8-18(29-2)16-20(19)21/h8-11,16,22-23,27-28H,3-7,12-15,17H2,1-2H3. The second-order valence-corrected chi connectivity index (χ2v) is 7.97. The van der Waals surface area contributed by atoms with Crippen LogP contribution in [0.1, 0.15) is 50.7 Å². The Kier molecular flexibility index (Phi) is 8.24. The predicted octanol–water partition coefficient (Wildman–Crippen LogP) is 3.18. The monoisotopic (exact) mass is 401 g/mol. The first-order chi connectivity index (χ1) is 14.1. The van der Waals surface area contributed by atoms with Gasteiger partial charge in [0, 0.05) is 44.3 Å². The number of rotatable bonds is 10. The van der Waals surface area contributed by atoms with E-state index in [0.717, 1.165) is 61.2 Å². The van der Waals surface area contributed by atoms with Crippen LogP contribution in [-0.4, -0.2) is 71.1 Å². The molecule has 160 valence electrons. The second-order valence-electron chi connectivity index (χ2n) is 7.97. The molecular weight excluding hydrogens is 366 g/mol. The molecule has 1 aliphatic rings. The molecule has 2 aromatic rings. The molecule has 1 aromatic heterocycles. The highest BCUT2D eigenvalue weighted by atomic mass is 16.5. The van der Waals surface area contributed by atoms with Gasteiger partial charge in [0.2, 0.25) is 0 Å². The number of aliphatic hydroxyl groups excluding tert-OH is 2. The average Bonchev–Trinajstić information content (AvgIpc) is 2.76. The van der Waals surface area contributed by atoms with Crippen LogP contribution in [0, 0.1) is 0 Å². The summed E-state index contributed by atoms with van der Waals surface area (Å²) in [5.74, 6) is 0.764. The molecule has 0 amide bonds. The van der Waals surface area contributed by atoms with E-state index in [1.165, 1.54) is 19.3 Å². The van der Waals surface area contributed by atoms with Crippen LogP contribution < -0.4 is 4.74 Å². The third-order valence-corrected chi connectivity index (χ3v) is 5.92. The number of hydrogen-bond acceptors (Lipinski definition) is 6. The quantitative estimate of drug-likeness (QED) is 0.596. The summed E-state index contributed by atoms with van der Waals surface area (Å²) in [6.45, 7) is 6.18. The molecule has 0 saturated carbocycles. The summed E-state index contributed by atoms with van der Waals surface area (Å²) in [6.07, 6.45) is 6.43. The van der Waals surface area contributed by atoms with E-state index in [4.69, 9.17) is 4.74 Å². The molecule has 1 fully saturated rings. The van der Waals surface area contributed by atoms with Crippen LogP contribution in [0.3, 0.4) is 0 Å². The summed E-state index contributed by atoms with van der Waals surface area (Å²) in [5.41, 5.74) is 1.74. The topological polar surface area (TPSA) is 69.1 Å². The van der Waals surface area contributed by atoms with Gasteiger partial charge in [0.05, 0.1) is 18.7 Å². The molecule has 0 spiro atoms. The van der Waals surface area contributed by atoms with Gasteiger partial charge in [-0.2, -0.15) is 0 Å². The first-order valence-corrected chi connectivity index (χ1v) is 10.9. The number of pyridine rings is 1. The van der Waals surface area contributed by atoms with Gasteiger partial charge in [-0.05, 0) is 42.7 Å². The maximum atomic E-state index is 10.9. The highest BCUT2D eigenvalue weighted by molar-refractivity contribution is 5.83. The Labute approximate surface area is 174 Å². The molecule has 2 unspecified atom stereocenters. The van der Waals surface area contributed by atoms with Crippen LogP contribution in [0.25, 0.3) is 10.9 Å². The van der Waals surface area contributed by atoms with Crippen molar-refractivity contribution in [2.24, 2.45) is 0 Å². The van der Waals surface area contributed by atoms with Gasteiger partial charge in [0.25, 0.3) is 0 Å². The third-order valence-electron chi connectivity index (χ3n) is 5.92. The molecular formula is C23H35N3O3. The van der Waals surface area contributed by atoms with E-state index in [-0.39, 0.29) is 6.23 Å². The van der Waals surface area contributed by atoms with Crippen LogP contribution in [-0.2, 0) is 0 Å². The van der Waals surface area contributed by atoms with Crippen LogP contribution in [0.4, 0.5) is 0 Å². The summed E-state index contributed by atoms with van der Waals surface area (Å²) in [5, 5.41) is 22.3. The lowest BCUT2D eigenvalue weighted by Gasteiger charge is -2.38. The number of benzene rings is 1. The van der Waals surface area contributed by atoms with E-state index >= 15 is 0 Å². The Morgan fingerprint density at radius 2 is 1.86 bits per heavy atom. The van der Waals surface area contributed by atoms with Gasteiger partial charge in [-0.1, -0.05) is 26.2 Å². The molecule has 2 heterocycles. The zero-order valence-electron chi connectivity index (χ0n) is 17.8. The minimum atomic E-state index is -0.585. The van der Waals surface area contributed by atoms with Gasteiger partial charge in [0.1, 0.15) is 12.0 Å². The van der Waals surface area contributed by atoms with Crippen molar-refractivity contribution in [3.05, 3.63) is 36.0 Å². The number of fused-ring (bicyclic) bond motifs is 1. The zero-order chi connectivity index (χ0) is 20.6. The Morgan fingerprint density at radius 1 is 1.07 bits per heavy atom. The number of unbranched alkanes of at least 4 members (excludes halogenated alkanes) is 3. The minimum absolute atomic E-state index is 0.337. The number of nitrogens with zero attached hydrogens (tertiary/aromatic N) is 3. The Bertz CT molecular complexity index is 762. The summed E-state index contributed by atoms with van der Waals surface area (Å²) in [4.78, 5) is 8.84. The number of β-amino-alcohol motifs (C(OH)–C–C–N with tert-alkyl or cyclic N) is 1. The molecule has 2 N–H and O–H groups in total. The maximum absolute atomic E-state index is 10.9. The summed E-state index contributed by atoms with van der Waals surface area (Å²) < 4.78 is 5.33. The normalized spacial score (nSPS) is 18.1. The Hall–Kier alpha value is -1.73. The maximum Gasteiger partial charge on any atom is 0.119 e. The van der Waals surface area contributed by atoms with Crippen molar-refractivity contribution in [3.8, 4) is 5.75 Å². The molecule has 0 bridgehead atoms. The van der Waals surface area contributed by atoms with Gasteiger partial charge >= 0.3 is 0 Å². The van der Waals surface area contributed by atoms with Gasteiger partial charge in [0.15, 0.2) is 0 Å². The van der Waals surface area contributed by atoms with Crippen molar-refractivity contribution in [1.29, 1.82) is 0 Å². The fourth-order valence-electron chi connectivity index (χ4n) is 4.09. The summed E-state index contributed by atoms with van der Waals surface area (Å²) in [6, 6.07) is 7.64. The van der Waals surface area contributed by atoms with E-state index in [0.29, 0.717) is 6.54 Å². The molecule has 6 nitrogen and oxygen atoms in total. The van der Waals surface area contributed by atoms with E-state index in [9.17, 15) is 10.2 Å². The van der Waals surface area contributed by atoms with Crippen LogP contribution >= 0.6 is 0 Å². The lowest BCUT2D eigenvalue weighted by atomic mass is 10.0. The van der Waals surface area contributed by atoms with Crippen LogP contribution in [0.2, 0.25) is 0 Å². The Morgan fingerprint density at radius 3 is 2.59 bits per heavy atom. The predicted molar refractivity (Wildman–Crippen MR) is 116 cm³/mol. The number of methoxy groups -OCH3 is 1.